The van der Waals surface area contributed by atoms with Gasteiger partial charge in [-0.1, -0.05) is 36.0 Å². The van der Waals surface area contributed by atoms with Gasteiger partial charge in [0.25, 0.3) is 0 Å². The summed E-state index contributed by atoms with van der Waals surface area (Å²) >= 11 is 2.90. The van der Waals surface area contributed by atoms with Crippen LogP contribution in [0.4, 0.5) is 10.5 Å². The second kappa shape index (κ2) is 8.63. The number of anilines is 1. The van der Waals surface area contributed by atoms with E-state index in [1.807, 2.05) is 35.2 Å². The lowest BCUT2D eigenvalue weighted by atomic mass is 10.3. The lowest BCUT2D eigenvalue weighted by Crippen LogP contribution is -2.35. The summed E-state index contributed by atoms with van der Waals surface area (Å²) < 4.78 is 1.86. The van der Waals surface area contributed by atoms with Crippen molar-refractivity contribution in [2.75, 3.05) is 11.1 Å². The van der Waals surface area contributed by atoms with Crippen molar-refractivity contribution < 1.29 is 9.59 Å². The molecule has 7 nitrogen and oxygen atoms in total. The van der Waals surface area contributed by atoms with E-state index in [-0.39, 0.29) is 5.75 Å². The van der Waals surface area contributed by atoms with Crippen molar-refractivity contribution in [3.05, 3.63) is 58.5 Å². The SMILES string of the molecule is Cn1c(Cc2cccs2)nnc1SCC(=O)NC(=O)Nc1ccccc1. The Balaban J connectivity index is 1.48. The molecule has 3 aromatic rings. The molecule has 2 aromatic heterocycles. The van der Waals surface area contributed by atoms with Gasteiger partial charge in [-0.2, -0.15) is 0 Å². The minimum absolute atomic E-state index is 0.0766. The van der Waals surface area contributed by atoms with Crippen LogP contribution in [0.1, 0.15) is 10.7 Å². The van der Waals surface area contributed by atoms with Gasteiger partial charge in [0.15, 0.2) is 5.16 Å². The molecule has 2 heterocycles. The number of rotatable bonds is 6. The lowest BCUT2D eigenvalue weighted by Gasteiger charge is -2.06. The van der Waals surface area contributed by atoms with Crippen LogP contribution in [0.25, 0.3) is 0 Å². The molecule has 0 spiro atoms. The van der Waals surface area contributed by atoms with E-state index in [1.165, 1.54) is 16.6 Å². The number of hydrogen-bond donors (Lipinski definition) is 2. The predicted octanol–water partition coefficient (Wildman–Crippen LogP) is 2.91. The average molecular weight is 387 g/mol. The summed E-state index contributed by atoms with van der Waals surface area (Å²) in [6.45, 7) is 0. The van der Waals surface area contributed by atoms with Gasteiger partial charge in [0.1, 0.15) is 5.82 Å². The highest BCUT2D eigenvalue weighted by Gasteiger charge is 2.13. The minimum Gasteiger partial charge on any atom is -0.309 e. The maximum Gasteiger partial charge on any atom is 0.325 e. The molecule has 0 unspecified atom stereocenters. The molecule has 0 saturated heterocycles. The molecule has 0 aliphatic carbocycles. The Hall–Kier alpha value is -2.65. The Kier molecular flexibility index (Phi) is 6.03. The zero-order chi connectivity index (χ0) is 18.4. The van der Waals surface area contributed by atoms with Crippen LogP contribution in [-0.4, -0.2) is 32.5 Å². The molecule has 0 saturated carbocycles. The number of imide groups is 1. The summed E-state index contributed by atoms with van der Waals surface area (Å²) in [6, 6.07) is 12.4. The molecule has 3 amide bonds. The number of nitrogens with one attached hydrogen (secondary N) is 2. The Morgan fingerprint density at radius 1 is 1.15 bits per heavy atom. The maximum absolute atomic E-state index is 11.9. The van der Waals surface area contributed by atoms with Crippen molar-refractivity contribution in [1.82, 2.24) is 20.1 Å². The van der Waals surface area contributed by atoms with Crippen molar-refractivity contribution in [2.24, 2.45) is 7.05 Å². The van der Waals surface area contributed by atoms with Gasteiger partial charge in [-0.15, -0.1) is 21.5 Å². The number of amides is 3. The molecule has 0 bridgehead atoms. The highest BCUT2D eigenvalue weighted by Crippen LogP contribution is 2.18. The first-order chi connectivity index (χ1) is 12.6. The Labute approximate surface area is 158 Å². The molecule has 9 heteroatoms. The van der Waals surface area contributed by atoms with E-state index >= 15 is 0 Å². The van der Waals surface area contributed by atoms with Crippen LogP contribution in [-0.2, 0) is 18.3 Å². The topological polar surface area (TPSA) is 88.9 Å². The first-order valence-corrected chi connectivity index (χ1v) is 9.67. The van der Waals surface area contributed by atoms with E-state index in [1.54, 1.807) is 35.6 Å². The second-order valence-corrected chi connectivity index (χ2v) is 7.35. The van der Waals surface area contributed by atoms with Gasteiger partial charge in [-0.05, 0) is 23.6 Å². The highest BCUT2D eigenvalue weighted by atomic mass is 32.2. The number of carbonyl (C=O) groups is 2. The van der Waals surface area contributed by atoms with Crippen LogP contribution in [0, 0.1) is 0 Å². The molecule has 26 heavy (non-hydrogen) atoms. The summed E-state index contributed by atoms with van der Waals surface area (Å²) in [5.74, 6) is 0.510. The van der Waals surface area contributed by atoms with Gasteiger partial charge in [0, 0.05) is 24.0 Å². The zero-order valence-corrected chi connectivity index (χ0v) is 15.6. The number of aromatic nitrogens is 3. The quantitative estimate of drug-likeness (QED) is 0.635. The van der Waals surface area contributed by atoms with E-state index in [2.05, 4.69) is 20.8 Å². The summed E-state index contributed by atoms with van der Waals surface area (Å²) in [6.07, 6.45) is 0.702. The fourth-order valence-electron chi connectivity index (χ4n) is 2.17. The molecule has 0 aliphatic rings. The number of benzene rings is 1. The monoisotopic (exact) mass is 387 g/mol. The van der Waals surface area contributed by atoms with Gasteiger partial charge < -0.3 is 9.88 Å². The number of para-hydroxylation sites is 1. The fourth-order valence-corrected chi connectivity index (χ4v) is 3.60. The smallest absolute Gasteiger partial charge is 0.309 e. The molecule has 0 fully saturated rings. The van der Waals surface area contributed by atoms with Crippen LogP contribution in [0.15, 0.2) is 53.0 Å². The summed E-state index contributed by atoms with van der Waals surface area (Å²) in [4.78, 5) is 24.9. The minimum atomic E-state index is -0.557. The number of thioether (sulfide) groups is 1. The molecule has 0 atom stereocenters. The predicted molar refractivity (Wildman–Crippen MR) is 102 cm³/mol. The number of hydrogen-bond acceptors (Lipinski definition) is 6. The fraction of sp³-hybridized carbons (Fsp3) is 0.176. The molecule has 3 rings (SSSR count). The van der Waals surface area contributed by atoms with Gasteiger partial charge >= 0.3 is 6.03 Å². The van der Waals surface area contributed by atoms with Crippen molar-refractivity contribution in [2.45, 2.75) is 11.6 Å². The third kappa shape index (κ3) is 4.93. The van der Waals surface area contributed by atoms with Gasteiger partial charge in [0.05, 0.1) is 5.75 Å². The summed E-state index contributed by atoms with van der Waals surface area (Å²) in [7, 11) is 1.87. The van der Waals surface area contributed by atoms with Crippen molar-refractivity contribution in [3.8, 4) is 0 Å². The Morgan fingerprint density at radius 2 is 1.96 bits per heavy atom. The number of urea groups is 1. The van der Waals surface area contributed by atoms with Crippen LogP contribution in [0.5, 0.6) is 0 Å². The zero-order valence-electron chi connectivity index (χ0n) is 14.0. The number of thiophene rings is 1. The van der Waals surface area contributed by atoms with E-state index in [0.717, 1.165) is 5.82 Å². The van der Waals surface area contributed by atoms with Gasteiger partial charge in [-0.3, -0.25) is 10.1 Å². The van der Waals surface area contributed by atoms with Crippen LogP contribution < -0.4 is 10.6 Å². The average Bonchev–Trinajstić information content (AvgIpc) is 3.25. The normalized spacial score (nSPS) is 10.5. The molecule has 0 radical (unpaired) electrons. The molecule has 134 valence electrons. The third-order valence-corrected chi connectivity index (χ3v) is 5.35. The van der Waals surface area contributed by atoms with Crippen LogP contribution in [0.3, 0.4) is 0 Å². The van der Waals surface area contributed by atoms with E-state index < -0.39 is 11.9 Å². The van der Waals surface area contributed by atoms with Crippen molar-refractivity contribution in [1.29, 1.82) is 0 Å². The van der Waals surface area contributed by atoms with Crippen molar-refractivity contribution >= 4 is 40.7 Å². The van der Waals surface area contributed by atoms with Crippen LogP contribution in [0.2, 0.25) is 0 Å². The van der Waals surface area contributed by atoms with Crippen LogP contribution >= 0.6 is 23.1 Å². The summed E-state index contributed by atoms with van der Waals surface area (Å²) in [5.41, 5.74) is 0.622. The molecular formula is C17H17N5O2S2. The molecule has 2 N–H and O–H groups in total. The third-order valence-electron chi connectivity index (χ3n) is 3.45. The molecular weight excluding hydrogens is 370 g/mol. The van der Waals surface area contributed by atoms with E-state index in [9.17, 15) is 9.59 Å². The number of nitrogens with zero attached hydrogens (tertiary/aromatic N) is 3. The summed E-state index contributed by atoms with van der Waals surface area (Å²) in [5, 5.41) is 15.8. The second-order valence-electron chi connectivity index (χ2n) is 5.37. The van der Waals surface area contributed by atoms with Crippen molar-refractivity contribution in [3.63, 3.8) is 0 Å². The highest BCUT2D eigenvalue weighted by molar-refractivity contribution is 7.99. The standard InChI is InChI=1S/C17H17N5O2S2/c1-22-14(10-13-8-5-9-25-13)20-21-17(22)26-11-15(23)19-16(24)18-12-6-3-2-4-7-12/h2-9H,10-11H2,1H3,(H2,18,19,23,24). The van der Waals surface area contributed by atoms with Gasteiger partial charge in [-0.25, -0.2) is 4.79 Å². The Morgan fingerprint density at radius 3 is 2.69 bits per heavy atom. The van der Waals surface area contributed by atoms with E-state index in [0.29, 0.717) is 17.3 Å². The Bertz CT molecular complexity index is 878. The lowest BCUT2D eigenvalue weighted by molar-refractivity contribution is -0.117. The molecule has 1 aromatic carbocycles. The first-order valence-electron chi connectivity index (χ1n) is 7.81. The first kappa shape index (κ1) is 18.2. The van der Waals surface area contributed by atoms with Gasteiger partial charge in [0.2, 0.25) is 5.91 Å². The number of carbonyl (C=O) groups excluding carboxylic acids is 2. The molecule has 0 aliphatic heterocycles. The maximum atomic E-state index is 11.9. The largest absolute Gasteiger partial charge is 0.325 e. The van der Waals surface area contributed by atoms with E-state index in [4.69, 9.17) is 0 Å².